The maximum absolute atomic E-state index is 13.1. The first-order valence-electron chi connectivity index (χ1n) is 10.5. The number of anilines is 1. The van der Waals surface area contributed by atoms with E-state index in [2.05, 4.69) is 24.9 Å². The Morgan fingerprint density at radius 3 is 2.37 bits per heavy atom. The molecule has 0 saturated carbocycles. The average molecular weight is 499 g/mol. The van der Waals surface area contributed by atoms with Gasteiger partial charge in [-0.3, -0.25) is 14.3 Å². The van der Waals surface area contributed by atoms with E-state index < -0.39 is 16.8 Å². The maximum atomic E-state index is 13.1. The number of nitrogens with zero attached hydrogens (tertiary/aromatic N) is 5. The minimum Gasteiger partial charge on any atom is -0.494 e. The van der Waals surface area contributed by atoms with Crippen LogP contribution in [0, 0.1) is 5.82 Å². The fraction of sp³-hybridized carbons (Fsp3) is 0.217. The molecule has 0 radical (unpaired) electrons. The van der Waals surface area contributed by atoms with E-state index in [9.17, 15) is 8.60 Å². The summed E-state index contributed by atoms with van der Waals surface area (Å²) in [5, 5.41) is 8.54. The Morgan fingerprint density at radius 1 is 0.971 bits per heavy atom. The van der Waals surface area contributed by atoms with E-state index in [0.29, 0.717) is 46.7 Å². The minimum absolute atomic E-state index is 0.192. The first-order chi connectivity index (χ1) is 17.0. The van der Waals surface area contributed by atoms with Crippen molar-refractivity contribution < 1.29 is 22.8 Å². The number of pyridine rings is 2. The fourth-order valence-corrected chi connectivity index (χ4v) is 4.17. The maximum Gasteiger partial charge on any atom is 0.241 e. The molecule has 12 heteroatoms. The average Bonchev–Trinajstić information content (AvgIpc) is 3.30. The van der Waals surface area contributed by atoms with E-state index in [1.165, 1.54) is 27.4 Å². The lowest BCUT2D eigenvalue weighted by Crippen LogP contribution is -2.15. The molecule has 1 N–H and O–H groups in total. The van der Waals surface area contributed by atoms with Crippen molar-refractivity contribution in [2.45, 2.75) is 6.42 Å². The van der Waals surface area contributed by atoms with Gasteiger partial charge in [-0.25, -0.2) is 13.6 Å². The number of hydrogen-bond donors (Lipinski definition) is 1. The number of ether oxygens (including phenoxy) is 3. The normalized spacial score (nSPS) is 11.7. The minimum atomic E-state index is -1.56. The van der Waals surface area contributed by atoms with Gasteiger partial charge in [-0.2, -0.15) is 0 Å². The van der Waals surface area contributed by atoms with Crippen LogP contribution in [0.4, 0.5) is 10.3 Å². The lowest BCUT2D eigenvalue weighted by molar-refractivity contribution is 0.391. The van der Waals surface area contributed by atoms with Crippen molar-refractivity contribution in [3.63, 3.8) is 0 Å². The Hall–Kier alpha value is -4.06. The Labute approximate surface area is 203 Å². The van der Waals surface area contributed by atoms with Gasteiger partial charge in [-0.15, -0.1) is 10.2 Å². The van der Waals surface area contributed by atoms with Crippen molar-refractivity contribution in [2.75, 3.05) is 31.8 Å². The molecule has 0 bridgehead atoms. The zero-order valence-electron chi connectivity index (χ0n) is 19.3. The Morgan fingerprint density at radius 2 is 1.71 bits per heavy atom. The van der Waals surface area contributed by atoms with Crippen LogP contribution in [0.5, 0.6) is 17.4 Å². The summed E-state index contributed by atoms with van der Waals surface area (Å²) < 4.78 is 47.0. The summed E-state index contributed by atoms with van der Waals surface area (Å²) in [6, 6.07) is 13.4. The van der Waals surface area contributed by atoms with Crippen LogP contribution in [-0.4, -0.2) is 56.0 Å². The van der Waals surface area contributed by atoms with Gasteiger partial charge in [-0.05, 0) is 30.3 Å². The van der Waals surface area contributed by atoms with E-state index >= 15 is 0 Å². The molecule has 0 fully saturated rings. The molecule has 4 aromatic rings. The molecule has 1 aromatic carbocycles. The lowest BCUT2D eigenvalue weighted by atomic mass is 10.2. The van der Waals surface area contributed by atoms with Gasteiger partial charge in [0.15, 0.2) is 5.82 Å². The molecule has 0 aliphatic carbocycles. The molecule has 10 nitrogen and oxygen atoms in total. The van der Waals surface area contributed by atoms with Gasteiger partial charge in [0.2, 0.25) is 11.8 Å². The number of hydrogen-bond acceptors (Lipinski definition) is 8. The van der Waals surface area contributed by atoms with E-state index in [-0.39, 0.29) is 11.7 Å². The molecule has 0 amide bonds. The third kappa shape index (κ3) is 5.38. The largest absolute Gasteiger partial charge is 0.494 e. The van der Waals surface area contributed by atoms with Crippen LogP contribution in [0.25, 0.3) is 17.2 Å². The summed E-state index contributed by atoms with van der Waals surface area (Å²) in [6.45, 7) is 0. The van der Waals surface area contributed by atoms with Crippen LogP contribution in [0.1, 0.15) is 5.69 Å². The van der Waals surface area contributed by atoms with Crippen molar-refractivity contribution in [2.24, 2.45) is 0 Å². The second-order valence-corrected chi connectivity index (χ2v) is 8.43. The molecule has 3 aromatic heterocycles. The third-order valence-corrected chi connectivity index (χ3v) is 5.97. The first-order valence-corrected chi connectivity index (χ1v) is 11.8. The van der Waals surface area contributed by atoms with Crippen molar-refractivity contribution in [3.8, 4) is 34.6 Å². The number of nitrogens with one attached hydrogen (secondary N) is 1. The Balaban J connectivity index is 1.73. The second kappa shape index (κ2) is 10.9. The standard InChI is InChI=1S/C23H23FN6O4S/c1-32-18-7-5-8-19(33-2)21(18)30-22(17-6-4-9-20(26-17)34-3)27-28-23(30)29-35(31)13-12-16-11-10-15(24)14-25-16/h4-11,14H,12-13H2,1-3H3,(H,28,29). The number of rotatable bonds is 10. The zero-order chi connectivity index (χ0) is 24.8. The summed E-state index contributed by atoms with van der Waals surface area (Å²) in [6.07, 6.45) is 1.50. The van der Waals surface area contributed by atoms with Crippen LogP contribution < -0.4 is 18.9 Å². The highest BCUT2D eigenvalue weighted by molar-refractivity contribution is 7.86. The highest BCUT2D eigenvalue weighted by atomic mass is 32.2. The van der Waals surface area contributed by atoms with Crippen molar-refractivity contribution in [1.82, 2.24) is 24.7 Å². The molecule has 1 atom stereocenters. The van der Waals surface area contributed by atoms with Crippen LogP contribution >= 0.6 is 0 Å². The van der Waals surface area contributed by atoms with E-state index in [1.807, 2.05) is 0 Å². The topological polar surface area (TPSA) is 113 Å². The Kier molecular flexibility index (Phi) is 7.51. The number of methoxy groups -OCH3 is 3. The van der Waals surface area contributed by atoms with Crippen molar-refractivity contribution >= 4 is 16.9 Å². The molecule has 4 rings (SSSR count). The van der Waals surface area contributed by atoms with E-state index in [0.717, 1.165) is 6.20 Å². The lowest BCUT2D eigenvalue weighted by Gasteiger charge is -2.17. The van der Waals surface area contributed by atoms with Crippen LogP contribution in [0.3, 0.4) is 0 Å². The number of aryl methyl sites for hydroxylation is 1. The van der Waals surface area contributed by atoms with Gasteiger partial charge in [0.05, 0.1) is 27.5 Å². The Bertz CT molecular complexity index is 1310. The zero-order valence-corrected chi connectivity index (χ0v) is 20.1. The van der Waals surface area contributed by atoms with E-state index in [4.69, 9.17) is 14.2 Å². The molecular weight excluding hydrogens is 475 g/mol. The van der Waals surface area contributed by atoms with Gasteiger partial charge >= 0.3 is 0 Å². The predicted octanol–water partition coefficient (Wildman–Crippen LogP) is 3.21. The molecule has 0 aliphatic heterocycles. The number of halogens is 1. The van der Waals surface area contributed by atoms with Crippen molar-refractivity contribution in [3.05, 3.63) is 66.2 Å². The van der Waals surface area contributed by atoms with Crippen LogP contribution in [-0.2, 0) is 17.4 Å². The number of para-hydroxylation sites is 1. The van der Waals surface area contributed by atoms with Gasteiger partial charge in [0.1, 0.15) is 39.7 Å². The van der Waals surface area contributed by atoms with E-state index in [1.54, 1.807) is 47.0 Å². The quantitative estimate of drug-likeness (QED) is 0.355. The highest BCUT2D eigenvalue weighted by Crippen LogP contribution is 2.37. The third-order valence-electron chi connectivity index (χ3n) is 4.99. The summed E-state index contributed by atoms with van der Waals surface area (Å²) in [5.41, 5.74) is 1.59. The molecule has 0 saturated heterocycles. The molecule has 1 unspecified atom stereocenters. The summed E-state index contributed by atoms with van der Waals surface area (Å²) in [5.74, 6) is 1.69. The van der Waals surface area contributed by atoms with Gasteiger partial charge < -0.3 is 14.2 Å². The first kappa shape index (κ1) is 24.1. The number of benzene rings is 1. The van der Waals surface area contributed by atoms with Gasteiger partial charge in [0.25, 0.3) is 0 Å². The molecule has 35 heavy (non-hydrogen) atoms. The fourth-order valence-electron chi connectivity index (χ4n) is 3.34. The predicted molar refractivity (Wildman–Crippen MR) is 129 cm³/mol. The smallest absolute Gasteiger partial charge is 0.241 e. The summed E-state index contributed by atoms with van der Waals surface area (Å²) in [7, 11) is 3.03. The van der Waals surface area contributed by atoms with Crippen molar-refractivity contribution in [1.29, 1.82) is 0 Å². The molecule has 182 valence electrons. The molecule has 0 spiro atoms. The SMILES string of the molecule is COc1cccc(-c2nnc(NS(=O)CCc3ccc(F)cn3)n2-c2c(OC)cccc2OC)n1. The van der Waals surface area contributed by atoms with Crippen LogP contribution in [0.2, 0.25) is 0 Å². The highest BCUT2D eigenvalue weighted by Gasteiger charge is 2.24. The number of aromatic nitrogens is 5. The monoisotopic (exact) mass is 498 g/mol. The summed E-state index contributed by atoms with van der Waals surface area (Å²) >= 11 is 0. The molecule has 3 heterocycles. The summed E-state index contributed by atoms with van der Waals surface area (Å²) in [4.78, 5) is 8.47. The van der Waals surface area contributed by atoms with Crippen LogP contribution in [0.15, 0.2) is 54.7 Å². The molecular formula is C23H23FN6O4S. The molecule has 0 aliphatic rings. The van der Waals surface area contributed by atoms with Gasteiger partial charge in [-0.1, -0.05) is 12.1 Å². The second-order valence-electron chi connectivity index (χ2n) is 7.13. The van der Waals surface area contributed by atoms with Gasteiger partial charge in [0, 0.05) is 23.9 Å².